The molecule has 0 heterocycles. The van der Waals surface area contributed by atoms with Gasteiger partial charge in [0, 0.05) is 47.1 Å². The van der Waals surface area contributed by atoms with Crippen molar-refractivity contribution in [2.75, 3.05) is 33.7 Å². The van der Waals surface area contributed by atoms with E-state index in [1.165, 1.54) is 16.7 Å². The molecule has 0 fully saturated rings. The average Bonchev–Trinajstić information content (AvgIpc) is 2.82. The molecule has 0 saturated carbocycles. The second-order valence-corrected chi connectivity index (χ2v) is 9.13. The number of rotatable bonds is 14. The normalized spacial score (nSPS) is 11.3. The lowest BCUT2D eigenvalue weighted by atomic mass is 10.1. The molecule has 4 N–H and O–H groups in total. The number of esters is 1. The Morgan fingerprint density at radius 2 is 1.62 bits per heavy atom. The summed E-state index contributed by atoms with van der Waals surface area (Å²) in [6, 6.07) is 4.88. The van der Waals surface area contributed by atoms with Gasteiger partial charge in [-0.15, -0.1) is 0 Å². The van der Waals surface area contributed by atoms with Crippen LogP contribution in [0.2, 0.25) is 0 Å². The number of benzene rings is 1. The van der Waals surface area contributed by atoms with E-state index < -0.39 is 24.1 Å². The van der Waals surface area contributed by atoms with Crippen molar-refractivity contribution in [3.63, 3.8) is 0 Å². The number of ether oxygens (including phenoxy) is 2. The number of nitrogens with two attached hydrogens (primary N) is 1. The van der Waals surface area contributed by atoms with Crippen LogP contribution in [0.4, 0.5) is 9.59 Å². The molecule has 12 nitrogen and oxygen atoms in total. The molecule has 1 atom stereocenters. The quantitative estimate of drug-likeness (QED) is 0.190. The maximum atomic E-state index is 12.7. The van der Waals surface area contributed by atoms with Crippen LogP contribution >= 0.6 is 0 Å². The van der Waals surface area contributed by atoms with Crippen molar-refractivity contribution in [1.29, 1.82) is 0 Å². The fraction of sp³-hybridized carbons (Fsp3) is 0.560. The lowest BCUT2D eigenvalue weighted by Crippen LogP contribution is -2.44. The number of carbonyl (C=O) groups is 5. The molecular weight excluding hydrogens is 482 g/mol. The molecule has 0 unspecified atom stereocenters. The van der Waals surface area contributed by atoms with Gasteiger partial charge in [-0.25, -0.2) is 14.4 Å². The van der Waals surface area contributed by atoms with Crippen LogP contribution in [0, 0.1) is 5.92 Å². The molecule has 1 aromatic carbocycles. The number of likely N-dealkylation sites (N-methyl/N-ethyl adjacent to an activating group) is 2. The number of amides is 5. The Balaban J connectivity index is 2.63. The first-order chi connectivity index (χ1) is 17.4. The number of nitrogens with zero attached hydrogens (tertiary/aromatic N) is 2. The standard InChI is InChI=1S/C25H39N5O7/c1-17(2)15-22(32)28-21(7-6-12-27-24(26)34)23(33)37-20-10-8-19(9-11-20)16-36-25(35)30(5)14-13-29(4)18(3)31/h8-11,17,21H,6-7,12-16H2,1-5H3,(H,28,32)(H3,26,27,34)/t21-/m0/s1. The smallest absolute Gasteiger partial charge is 0.409 e. The van der Waals surface area contributed by atoms with E-state index in [-0.39, 0.29) is 49.5 Å². The predicted octanol–water partition coefficient (Wildman–Crippen LogP) is 1.62. The van der Waals surface area contributed by atoms with Crippen LogP contribution in [0.3, 0.4) is 0 Å². The Kier molecular flexibility index (Phi) is 13.5. The molecule has 12 heteroatoms. The number of hydrogen-bond donors (Lipinski definition) is 3. The van der Waals surface area contributed by atoms with Gasteiger partial charge in [-0.1, -0.05) is 26.0 Å². The minimum Gasteiger partial charge on any atom is -0.445 e. The first-order valence-corrected chi connectivity index (χ1v) is 12.1. The molecule has 0 saturated heterocycles. The first-order valence-electron chi connectivity index (χ1n) is 12.1. The highest BCUT2D eigenvalue weighted by atomic mass is 16.6. The molecule has 5 amide bonds. The zero-order valence-electron chi connectivity index (χ0n) is 22.2. The number of primary amides is 1. The SMILES string of the molecule is CC(=O)N(C)CCN(C)C(=O)OCc1ccc(OC(=O)[C@H](CCCNC(N)=O)NC(=O)CC(C)C)cc1. The summed E-state index contributed by atoms with van der Waals surface area (Å²) < 4.78 is 10.7. The minimum absolute atomic E-state index is 0.0146. The fourth-order valence-corrected chi connectivity index (χ4v) is 3.04. The summed E-state index contributed by atoms with van der Waals surface area (Å²) in [4.78, 5) is 62.1. The molecule has 0 aliphatic carbocycles. The molecule has 37 heavy (non-hydrogen) atoms. The molecule has 0 aromatic heterocycles. The van der Waals surface area contributed by atoms with E-state index in [0.29, 0.717) is 25.1 Å². The van der Waals surface area contributed by atoms with Crippen LogP contribution in [0.15, 0.2) is 24.3 Å². The summed E-state index contributed by atoms with van der Waals surface area (Å²) >= 11 is 0. The van der Waals surface area contributed by atoms with Crippen molar-refractivity contribution < 1.29 is 33.4 Å². The van der Waals surface area contributed by atoms with Crippen molar-refractivity contribution in [3.8, 4) is 5.75 Å². The summed E-state index contributed by atoms with van der Waals surface area (Å²) in [7, 11) is 3.23. The van der Waals surface area contributed by atoms with Crippen LogP contribution in [-0.4, -0.2) is 79.5 Å². The Morgan fingerprint density at radius 3 is 2.19 bits per heavy atom. The molecule has 0 aliphatic heterocycles. The van der Waals surface area contributed by atoms with Gasteiger partial charge in [-0.05, 0) is 36.5 Å². The maximum Gasteiger partial charge on any atom is 0.409 e. The van der Waals surface area contributed by atoms with E-state index >= 15 is 0 Å². The predicted molar refractivity (Wildman–Crippen MR) is 136 cm³/mol. The fourth-order valence-electron chi connectivity index (χ4n) is 3.04. The zero-order chi connectivity index (χ0) is 28.0. The van der Waals surface area contributed by atoms with Gasteiger partial charge in [-0.2, -0.15) is 0 Å². The molecule has 1 aromatic rings. The highest BCUT2D eigenvalue weighted by molar-refractivity contribution is 5.85. The van der Waals surface area contributed by atoms with E-state index in [1.807, 2.05) is 13.8 Å². The largest absolute Gasteiger partial charge is 0.445 e. The van der Waals surface area contributed by atoms with Gasteiger partial charge in [-0.3, -0.25) is 9.59 Å². The van der Waals surface area contributed by atoms with Crippen LogP contribution in [0.5, 0.6) is 5.75 Å². The molecule has 1 rings (SSSR count). The van der Waals surface area contributed by atoms with E-state index in [9.17, 15) is 24.0 Å². The van der Waals surface area contributed by atoms with Crippen LogP contribution in [-0.2, 0) is 25.7 Å². The summed E-state index contributed by atoms with van der Waals surface area (Å²) in [5.74, 6) is -0.603. The van der Waals surface area contributed by atoms with Crippen molar-refractivity contribution >= 4 is 29.9 Å². The van der Waals surface area contributed by atoms with Gasteiger partial charge in [0.15, 0.2) is 0 Å². The van der Waals surface area contributed by atoms with Gasteiger partial charge >= 0.3 is 18.1 Å². The van der Waals surface area contributed by atoms with E-state index in [1.54, 1.807) is 38.4 Å². The highest BCUT2D eigenvalue weighted by Gasteiger charge is 2.23. The van der Waals surface area contributed by atoms with Crippen LogP contribution in [0.25, 0.3) is 0 Å². The van der Waals surface area contributed by atoms with E-state index in [0.717, 1.165) is 0 Å². The second kappa shape index (κ2) is 16.0. The topological polar surface area (TPSA) is 160 Å². The lowest BCUT2D eigenvalue weighted by Gasteiger charge is -2.21. The molecule has 0 radical (unpaired) electrons. The van der Waals surface area contributed by atoms with Gasteiger partial charge < -0.3 is 35.6 Å². The second-order valence-electron chi connectivity index (χ2n) is 9.13. The van der Waals surface area contributed by atoms with Crippen LogP contribution in [0.1, 0.15) is 45.6 Å². The van der Waals surface area contributed by atoms with Crippen LogP contribution < -0.4 is 21.1 Å². The third kappa shape index (κ3) is 13.2. The summed E-state index contributed by atoms with van der Waals surface area (Å²) in [5.41, 5.74) is 5.73. The first kappa shape index (κ1) is 31.2. The van der Waals surface area contributed by atoms with Gasteiger partial charge in [0.05, 0.1) is 0 Å². The molecule has 206 valence electrons. The highest BCUT2D eigenvalue weighted by Crippen LogP contribution is 2.15. The molecule has 0 bridgehead atoms. The Bertz CT molecular complexity index is 921. The number of carbonyl (C=O) groups excluding carboxylic acids is 5. The monoisotopic (exact) mass is 521 g/mol. The average molecular weight is 522 g/mol. The molecule has 0 aliphatic rings. The Hall–Kier alpha value is -3.83. The van der Waals surface area contributed by atoms with Crippen molar-refractivity contribution in [2.45, 2.75) is 52.7 Å². The minimum atomic E-state index is -0.890. The van der Waals surface area contributed by atoms with Gasteiger partial charge in [0.1, 0.15) is 18.4 Å². The molecule has 0 spiro atoms. The van der Waals surface area contributed by atoms with Crippen molar-refractivity contribution in [1.82, 2.24) is 20.4 Å². The lowest BCUT2D eigenvalue weighted by molar-refractivity contribution is -0.139. The zero-order valence-corrected chi connectivity index (χ0v) is 22.2. The summed E-state index contributed by atoms with van der Waals surface area (Å²) in [6.45, 7) is 6.24. The van der Waals surface area contributed by atoms with Crippen molar-refractivity contribution in [3.05, 3.63) is 29.8 Å². The van der Waals surface area contributed by atoms with Gasteiger partial charge in [0.25, 0.3) is 0 Å². The Morgan fingerprint density at radius 1 is 1.00 bits per heavy atom. The molecular formula is C25H39N5O7. The van der Waals surface area contributed by atoms with Crippen molar-refractivity contribution in [2.24, 2.45) is 11.7 Å². The summed E-state index contributed by atoms with van der Waals surface area (Å²) in [6.07, 6.45) is 0.402. The third-order valence-corrected chi connectivity index (χ3v) is 5.31. The number of urea groups is 1. The number of hydrogen-bond acceptors (Lipinski definition) is 7. The third-order valence-electron chi connectivity index (χ3n) is 5.31. The van der Waals surface area contributed by atoms with E-state index in [2.05, 4.69) is 10.6 Å². The van der Waals surface area contributed by atoms with E-state index in [4.69, 9.17) is 15.2 Å². The van der Waals surface area contributed by atoms with Gasteiger partial charge in [0.2, 0.25) is 11.8 Å². The Labute approximate surface area is 217 Å². The maximum absolute atomic E-state index is 12.7. The number of nitrogens with one attached hydrogen (secondary N) is 2. The summed E-state index contributed by atoms with van der Waals surface area (Å²) in [5, 5.41) is 5.14.